The van der Waals surface area contributed by atoms with Gasteiger partial charge in [0.15, 0.2) is 0 Å². The van der Waals surface area contributed by atoms with Gasteiger partial charge in [-0.25, -0.2) is 14.6 Å². The molecule has 8 nitrogen and oxygen atoms in total. The van der Waals surface area contributed by atoms with Crippen molar-refractivity contribution in [2.45, 2.75) is 44.3 Å². The molecule has 0 aromatic carbocycles. The van der Waals surface area contributed by atoms with E-state index < -0.39 is 24.3 Å². The molecule has 3 rings (SSSR count). The fourth-order valence-electron chi connectivity index (χ4n) is 3.60. The van der Waals surface area contributed by atoms with E-state index >= 15 is 0 Å². The number of piperidine rings is 1. The first kappa shape index (κ1) is 30.8. The predicted octanol–water partition coefficient (Wildman–Crippen LogP) is 3.98. The van der Waals surface area contributed by atoms with Crippen LogP contribution in [0.3, 0.4) is 0 Å². The van der Waals surface area contributed by atoms with E-state index in [2.05, 4.69) is 21.8 Å². The second kappa shape index (κ2) is 13.8. The van der Waals surface area contributed by atoms with Crippen LogP contribution in [-0.4, -0.2) is 83.4 Å². The lowest BCUT2D eigenvalue weighted by Crippen LogP contribution is -2.56. The van der Waals surface area contributed by atoms with Crippen LogP contribution in [0, 0.1) is 5.41 Å². The second-order valence-electron chi connectivity index (χ2n) is 7.66. The molecule has 0 aliphatic carbocycles. The third kappa shape index (κ3) is 10.9. The van der Waals surface area contributed by atoms with E-state index in [1.54, 1.807) is 11.3 Å². The molecule has 2 aliphatic rings. The molecule has 2 atom stereocenters. The number of hydrogen-bond donors (Lipinski definition) is 2. The summed E-state index contributed by atoms with van der Waals surface area (Å²) in [5, 5.41) is 17.5. The number of carbonyl (C=O) groups is 2. The predicted molar refractivity (Wildman–Crippen MR) is 112 cm³/mol. The number of hydrogen-bond acceptors (Lipinski definition) is 7. The lowest BCUT2D eigenvalue weighted by molar-refractivity contribution is -0.193. The second-order valence-corrected chi connectivity index (χ2v) is 8.64. The van der Waals surface area contributed by atoms with Gasteiger partial charge in [0.05, 0.1) is 25.9 Å². The minimum absolute atomic E-state index is 0.150. The molecular formula is C20H26F6N2O6S. The van der Waals surface area contributed by atoms with Crippen LogP contribution in [0.25, 0.3) is 0 Å². The zero-order valence-corrected chi connectivity index (χ0v) is 19.3. The molecule has 0 saturated carbocycles. The van der Waals surface area contributed by atoms with Gasteiger partial charge in [-0.15, -0.1) is 17.9 Å². The average molecular weight is 536 g/mol. The maximum atomic E-state index is 10.6. The molecule has 2 fully saturated rings. The first-order chi connectivity index (χ1) is 16.2. The van der Waals surface area contributed by atoms with Crippen molar-refractivity contribution in [2.75, 3.05) is 32.9 Å². The quantitative estimate of drug-likeness (QED) is 0.319. The highest BCUT2D eigenvalue weighted by Gasteiger charge is 2.46. The topological polar surface area (TPSA) is 109 Å². The number of ether oxygens (including phenoxy) is 2. The lowest BCUT2D eigenvalue weighted by atomic mass is 9.73. The number of rotatable bonds is 6. The molecule has 2 saturated heterocycles. The summed E-state index contributed by atoms with van der Waals surface area (Å²) < 4.78 is 75.4. The van der Waals surface area contributed by atoms with Crippen molar-refractivity contribution in [3.63, 3.8) is 0 Å². The van der Waals surface area contributed by atoms with Crippen molar-refractivity contribution in [3.8, 4) is 0 Å². The molecule has 0 amide bonds. The van der Waals surface area contributed by atoms with Crippen molar-refractivity contribution in [3.05, 3.63) is 29.2 Å². The SMILES string of the molecule is C=CCOCC12CCCOC1CCN(Cc1nccs1)C2.O=C(O)C(F)(F)F.O=C(O)C(F)(F)F. The minimum Gasteiger partial charge on any atom is -0.475 e. The van der Waals surface area contributed by atoms with Gasteiger partial charge in [-0.05, 0) is 19.3 Å². The number of halogens is 6. The van der Waals surface area contributed by atoms with Gasteiger partial charge in [-0.1, -0.05) is 6.08 Å². The molecule has 2 N–H and O–H groups in total. The smallest absolute Gasteiger partial charge is 0.475 e. The molecule has 0 spiro atoms. The number of nitrogens with zero attached hydrogens (tertiary/aromatic N) is 2. The zero-order chi connectivity index (χ0) is 26.7. The molecule has 0 radical (unpaired) electrons. The number of carboxylic acid groups (broad SMARTS) is 2. The fourth-order valence-corrected chi connectivity index (χ4v) is 4.25. The van der Waals surface area contributed by atoms with E-state index in [0.717, 1.165) is 45.7 Å². The number of aromatic nitrogens is 1. The summed E-state index contributed by atoms with van der Waals surface area (Å²) in [4.78, 5) is 24.7. The number of thiazole rings is 1. The minimum atomic E-state index is -5.08. The summed E-state index contributed by atoms with van der Waals surface area (Å²) in [6.07, 6.45) is -2.67. The Morgan fingerprint density at radius 2 is 1.86 bits per heavy atom. The molecule has 35 heavy (non-hydrogen) atoms. The van der Waals surface area contributed by atoms with Gasteiger partial charge in [-0.3, -0.25) is 4.90 Å². The van der Waals surface area contributed by atoms with E-state index in [-0.39, 0.29) is 5.41 Å². The summed E-state index contributed by atoms with van der Waals surface area (Å²) >= 11 is 1.74. The number of aliphatic carboxylic acids is 2. The Morgan fingerprint density at radius 1 is 1.26 bits per heavy atom. The summed E-state index contributed by atoms with van der Waals surface area (Å²) in [7, 11) is 0. The standard InChI is InChI=1S/C16H24N2O2S.2C2HF3O2/c1-2-8-19-13-16-5-3-9-20-14(16)4-7-18(12-16)11-15-17-6-10-21-15;2*3-2(4,5)1(6)7/h2,6,10,14H,1,3-5,7-9,11-13H2;2*(H,6,7). The maximum absolute atomic E-state index is 10.6. The van der Waals surface area contributed by atoms with Crippen LogP contribution in [0.5, 0.6) is 0 Å². The maximum Gasteiger partial charge on any atom is 0.490 e. The van der Waals surface area contributed by atoms with Crippen molar-refractivity contribution >= 4 is 23.3 Å². The van der Waals surface area contributed by atoms with Crippen molar-refractivity contribution in [2.24, 2.45) is 5.41 Å². The first-order valence-corrected chi connectivity index (χ1v) is 11.1. The van der Waals surface area contributed by atoms with Crippen LogP contribution < -0.4 is 0 Å². The number of carboxylic acids is 2. The van der Waals surface area contributed by atoms with Gasteiger partial charge in [0, 0.05) is 36.7 Å². The molecule has 15 heteroatoms. The Balaban J connectivity index is 0.000000362. The molecule has 200 valence electrons. The van der Waals surface area contributed by atoms with Crippen molar-refractivity contribution < 1.29 is 55.6 Å². The fraction of sp³-hybridized carbons (Fsp3) is 0.650. The van der Waals surface area contributed by atoms with Crippen molar-refractivity contribution in [1.82, 2.24) is 9.88 Å². The van der Waals surface area contributed by atoms with E-state index in [1.165, 1.54) is 11.4 Å². The molecule has 1 aromatic heterocycles. The van der Waals surface area contributed by atoms with Gasteiger partial charge < -0.3 is 19.7 Å². The average Bonchev–Trinajstić information content (AvgIpc) is 3.26. The van der Waals surface area contributed by atoms with Crippen molar-refractivity contribution in [1.29, 1.82) is 0 Å². The van der Waals surface area contributed by atoms with Gasteiger partial charge in [0.25, 0.3) is 0 Å². The van der Waals surface area contributed by atoms with E-state index in [9.17, 15) is 26.3 Å². The Morgan fingerprint density at radius 3 is 2.34 bits per heavy atom. The Labute approximate surface area is 201 Å². The molecule has 1 aromatic rings. The lowest BCUT2D eigenvalue weighted by Gasteiger charge is -2.50. The van der Waals surface area contributed by atoms with Gasteiger partial charge in [-0.2, -0.15) is 26.3 Å². The van der Waals surface area contributed by atoms with Crippen LogP contribution >= 0.6 is 11.3 Å². The highest BCUT2D eigenvalue weighted by molar-refractivity contribution is 7.09. The van der Waals surface area contributed by atoms with Gasteiger partial charge in [0.1, 0.15) is 5.01 Å². The molecular weight excluding hydrogens is 510 g/mol. The van der Waals surface area contributed by atoms with E-state index in [4.69, 9.17) is 29.3 Å². The van der Waals surface area contributed by atoms with Crippen LogP contribution in [-0.2, 0) is 25.6 Å². The van der Waals surface area contributed by atoms with Crippen LogP contribution in [0.1, 0.15) is 24.3 Å². The molecule has 3 heterocycles. The highest BCUT2D eigenvalue weighted by Crippen LogP contribution is 2.40. The Kier molecular flexibility index (Phi) is 12.1. The van der Waals surface area contributed by atoms with Crippen LogP contribution in [0.15, 0.2) is 24.2 Å². The summed E-state index contributed by atoms with van der Waals surface area (Å²) in [6, 6.07) is 0. The zero-order valence-electron chi connectivity index (χ0n) is 18.5. The Bertz CT molecular complexity index is 781. The van der Waals surface area contributed by atoms with Crippen LogP contribution in [0.2, 0.25) is 0 Å². The number of alkyl halides is 6. The highest BCUT2D eigenvalue weighted by atomic mass is 32.1. The third-order valence-electron chi connectivity index (χ3n) is 5.02. The monoisotopic (exact) mass is 536 g/mol. The molecule has 2 unspecified atom stereocenters. The number of fused-ring (bicyclic) bond motifs is 1. The molecule has 2 aliphatic heterocycles. The third-order valence-corrected chi connectivity index (χ3v) is 5.78. The van der Waals surface area contributed by atoms with E-state index in [1.807, 2.05) is 12.3 Å². The van der Waals surface area contributed by atoms with Gasteiger partial charge in [0.2, 0.25) is 0 Å². The first-order valence-electron chi connectivity index (χ1n) is 10.2. The normalized spacial score (nSPS) is 22.5. The Hall–Kier alpha value is -2.23. The summed E-state index contributed by atoms with van der Waals surface area (Å²) in [5.41, 5.74) is 0.150. The van der Waals surface area contributed by atoms with E-state index in [0.29, 0.717) is 12.7 Å². The summed E-state index contributed by atoms with van der Waals surface area (Å²) in [6.45, 7) is 9.13. The largest absolute Gasteiger partial charge is 0.490 e. The van der Waals surface area contributed by atoms with Crippen LogP contribution in [0.4, 0.5) is 26.3 Å². The molecule has 0 bridgehead atoms. The number of likely N-dealkylation sites (tertiary alicyclic amines) is 1. The summed E-state index contributed by atoms with van der Waals surface area (Å²) in [5.74, 6) is -5.51. The van der Waals surface area contributed by atoms with Gasteiger partial charge >= 0.3 is 24.3 Å².